The minimum Gasteiger partial charge on any atom is -0.371 e. The first-order valence-electron chi connectivity index (χ1n) is 9.40. The maximum atomic E-state index is 13.7. The Morgan fingerprint density at radius 1 is 1.23 bits per heavy atom. The zero-order chi connectivity index (χ0) is 18.5. The summed E-state index contributed by atoms with van der Waals surface area (Å²) in [6, 6.07) is 14.7. The summed E-state index contributed by atoms with van der Waals surface area (Å²) in [7, 11) is 0. The molecule has 2 aromatic carbocycles. The van der Waals surface area contributed by atoms with E-state index in [1.54, 1.807) is 18.2 Å². The molecule has 138 valence electrons. The summed E-state index contributed by atoms with van der Waals surface area (Å²) in [6.45, 7) is 6.47. The van der Waals surface area contributed by atoms with E-state index in [1.807, 2.05) is 6.92 Å². The second-order valence-corrected chi connectivity index (χ2v) is 7.34. The Morgan fingerprint density at radius 2 is 1.96 bits per heavy atom. The van der Waals surface area contributed by atoms with Gasteiger partial charge < -0.3 is 10.2 Å². The van der Waals surface area contributed by atoms with Crippen molar-refractivity contribution in [3.05, 3.63) is 65.5 Å². The fourth-order valence-corrected chi connectivity index (χ4v) is 3.59. The van der Waals surface area contributed by atoms with Crippen LogP contribution in [0.2, 0.25) is 0 Å². The number of benzene rings is 2. The van der Waals surface area contributed by atoms with E-state index in [0.717, 1.165) is 24.6 Å². The van der Waals surface area contributed by atoms with E-state index >= 15 is 0 Å². The number of hydrogen-bond acceptors (Lipinski definition) is 2. The van der Waals surface area contributed by atoms with Gasteiger partial charge in [0.15, 0.2) is 0 Å². The third-order valence-electron chi connectivity index (χ3n) is 5.10. The average molecular weight is 354 g/mol. The molecule has 1 aliphatic rings. The lowest BCUT2D eigenvalue weighted by atomic mass is 9.99. The van der Waals surface area contributed by atoms with E-state index in [9.17, 15) is 9.18 Å². The molecular formula is C22H27FN2O. The van der Waals surface area contributed by atoms with Crippen LogP contribution in [0.25, 0.3) is 0 Å². The van der Waals surface area contributed by atoms with E-state index in [1.165, 1.54) is 24.6 Å². The van der Waals surface area contributed by atoms with Crippen LogP contribution >= 0.6 is 0 Å². The van der Waals surface area contributed by atoms with Crippen LogP contribution in [-0.4, -0.2) is 19.0 Å². The van der Waals surface area contributed by atoms with Gasteiger partial charge in [-0.15, -0.1) is 0 Å². The third-order valence-corrected chi connectivity index (χ3v) is 5.10. The Bertz CT molecular complexity index is 744. The number of carbonyl (C=O) groups is 1. The standard InChI is InChI=1S/C22H27FN2O/c1-16-6-5-13-25(15-16)20-11-9-18(10-12-20)17(2)24-22(26)14-19-7-3-4-8-21(19)23/h3-4,7-12,16-17H,5-6,13-15H2,1-2H3,(H,24,26). The molecular weight excluding hydrogens is 327 g/mol. The maximum absolute atomic E-state index is 13.7. The highest BCUT2D eigenvalue weighted by molar-refractivity contribution is 5.79. The monoisotopic (exact) mass is 354 g/mol. The molecule has 2 unspecified atom stereocenters. The van der Waals surface area contributed by atoms with Crippen LogP contribution in [-0.2, 0) is 11.2 Å². The van der Waals surface area contributed by atoms with Gasteiger partial charge in [-0.25, -0.2) is 4.39 Å². The van der Waals surface area contributed by atoms with Gasteiger partial charge in [0.2, 0.25) is 5.91 Å². The number of amides is 1. The van der Waals surface area contributed by atoms with Gasteiger partial charge >= 0.3 is 0 Å². The lowest BCUT2D eigenvalue weighted by molar-refractivity contribution is -0.121. The van der Waals surface area contributed by atoms with Crippen LogP contribution in [0.4, 0.5) is 10.1 Å². The van der Waals surface area contributed by atoms with Crippen molar-refractivity contribution in [1.29, 1.82) is 0 Å². The molecule has 26 heavy (non-hydrogen) atoms. The second-order valence-electron chi connectivity index (χ2n) is 7.34. The summed E-state index contributed by atoms with van der Waals surface area (Å²) in [6.07, 6.45) is 2.60. The lowest BCUT2D eigenvalue weighted by Crippen LogP contribution is -2.34. The predicted molar refractivity (Wildman–Crippen MR) is 104 cm³/mol. The molecule has 0 spiro atoms. The van der Waals surface area contributed by atoms with Gasteiger partial charge in [0.25, 0.3) is 0 Å². The van der Waals surface area contributed by atoms with Gasteiger partial charge in [-0.2, -0.15) is 0 Å². The van der Waals surface area contributed by atoms with Crippen LogP contribution in [0, 0.1) is 11.7 Å². The first kappa shape index (κ1) is 18.4. The number of halogens is 1. The van der Waals surface area contributed by atoms with Gasteiger partial charge in [-0.3, -0.25) is 4.79 Å². The highest BCUT2D eigenvalue weighted by Gasteiger charge is 2.17. The number of carbonyl (C=O) groups excluding carboxylic acids is 1. The normalized spacial score (nSPS) is 18.4. The quantitative estimate of drug-likeness (QED) is 0.858. The molecule has 1 fully saturated rings. The van der Waals surface area contributed by atoms with E-state index in [-0.39, 0.29) is 24.2 Å². The van der Waals surface area contributed by atoms with Crippen molar-refractivity contribution in [2.24, 2.45) is 5.92 Å². The van der Waals surface area contributed by atoms with Crippen LogP contribution in [0.3, 0.4) is 0 Å². The Balaban J connectivity index is 1.58. The molecule has 3 rings (SSSR count). The van der Waals surface area contributed by atoms with Crippen LogP contribution in [0.1, 0.15) is 43.9 Å². The molecule has 0 aliphatic carbocycles. The fraction of sp³-hybridized carbons (Fsp3) is 0.409. The zero-order valence-corrected chi connectivity index (χ0v) is 15.5. The molecule has 2 atom stereocenters. The van der Waals surface area contributed by atoms with Crippen molar-refractivity contribution < 1.29 is 9.18 Å². The molecule has 0 radical (unpaired) electrons. The first-order valence-corrected chi connectivity index (χ1v) is 9.40. The van der Waals surface area contributed by atoms with Crippen molar-refractivity contribution in [2.45, 2.75) is 39.2 Å². The molecule has 1 aliphatic heterocycles. The van der Waals surface area contributed by atoms with E-state index in [0.29, 0.717) is 5.56 Å². The van der Waals surface area contributed by atoms with Crippen molar-refractivity contribution in [3.63, 3.8) is 0 Å². The minimum atomic E-state index is -0.338. The Morgan fingerprint density at radius 3 is 2.65 bits per heavy atom. The van der Waals surface area contributed by atoms with E-state index < -0.39 is 0 Å². The van der Waals surface area contributed by atoms with E-state index in [2.05, 4.69) is 41.4 Å². The number of nitrogens with zero attached hydrogens (tertiary/aromatic N) is 1. The Kier molecular flexibility index (Phi) is 5.92. The molecule has 1 saturated heterocycles. The molecule has 4 heteroatoms. The maximum Gasteiger partial charge on any atom is 0.225 e. The molecule has 0 bridgehead atoms. The lowest BCUT2D eigenvalue weighted by Gasteiger charge is -2.33. The first-order chi connectivity index (χ1) is 12.5. The number of rotatable bonds is 5. The fourth-order valence-electron chi connectivity index (χ4n) is 3.59. The summed E-state index contributed by atoms with van der Waals surface area (Å²) >= 11 is 0. The summed E-state index contributed by atoms with van der Waals surface area (Å²) in [5.41, 5.74) is 2.72. The number of anilines is 1. The molecule has 1 N–H and O–H groups in total. The average Bonchev–Trinajstić information content (AvgIpc) is 2.64. The van der Waals surface area contributed by atoms with Crippen molar-refractivity contribution in [1.82, 2.24) is 5.32 Å². The summed E-state index contributed by atoms with van der Waals surface area (Å²) < 4.78 is 13.7. The molecule has 0 saturated carbocycles. The van der Waals surface area contributed by atoms with Crippen LogP contribution in [0.15, 0.2) is 48.5 Å². The summed E-state index contributed by atoms with van der Waals surface area (Å²) in [5.74, 6) is 0.229. The van der Waals surface area contributed by atoms with Gasteiger partial charge in [0, 0.05) is 18.8 Å². The predicted octanol–water partition coefficient (Wildman–Crippen LogP) is 4.48. The highest BCUT2D eigenvalue weighted by atomic mass is 19.1. The van der Waals surface area contributed by atoms with Gasteiger partial charge in [-0.1, -0.05) is 37.3 Å². The van der Waals surface area contributed by atoms with Crippen LogP contribution in [0.5, 0.6) is 0 Å². The zero-order valence-electron chi connectivity index (χ0n) is 15.5. The van der Waals surface area contributed by atoms with Gasteiger partial charge in [0.05, 0.1) is 12.5 Å². The SMILES string of the molecule is CC1CCCN(c2ccc(C(C)NC(=O)Cc3ccccc3F)cc2)C1. The number of hydrogen-bond donors (Lipinski definition) is 1. The van der Waals surface area contributed by atoms with Crippen LogP contribution < -0.4 is 10.2 Å². The van der Waals surface area contributed by atoms with E-state index in [4.69, 9.17) is 0 Å². The molecule has 1 heterocycles. The minimum absolute atomic E-state index is 0.0563. The molecule has 0 aromatic heterocycles. The number of nitrogens with one attached hydrogen (secondary N) is 1. The van der Waals surface area contributed by atoms with Crippen molar-refractivity contribution in [3.8, 4) is 0 Å². The smallest absolute Gasteiger partial charge is 0.225 e. The molecule has 3 nitrogen and oxygen atoms in total. The summed E-state index contributed by atoms with van der Waals surface area (Å²) in [4.78, 5) is 14.6. The number of piperidine rings is 1. The Labute approximate surface area is 155 Å². The summed E-state index contributed by atoms with van der Waals surface area (Å²) in [5, 5.41) is 2.96. The highest BCUT2D eigenvalue weighted by Crippen LogP contribution is 2.24. The van der Waals surface area contributed by atoms with Crippen molar-refractivity contribution >= 4 is 11.6 Å². The third kappa shape index (κ3) is 4.63. The molecule has 2 aromatic rings. The van der Waals surface area contributed by atoms with Gasteiger partial charge in [0.1, 0.15) is 5.82 Å². The van der Waals surface area contributed by atoms with Crippen molar-refractivity contribution in [2.75, 3.05) is 18.0 Å². The second kappa shape index (κ2) is 8.35. The topological polar surface area (TPSA) is 32.3 Å². The van der Waals surface area contributed by atoms with Gasteiger partial charge in [-0.05, 0) is 55.0 Å². The largest absolute Gasteiger partial charge is 0.371 e. The molecule has 1 amide bonds. The Hall–Kier alpha value is -2.36.